The van der Waals surface area contributed by atoms with Gasteiger partial charge >= 0.3 is 5.97 Å². The Morgan fingerprint density at radius 3 is 2.59 bits per heavy atom. The summed E-state index contributed by atoms with van der Waals surface area (Å²) in [6, 6.07) is 8.08. The molecular weight excluding hydrogens is 540 g/mol. The first-order valence-electron chi connectivity index (χ1n) is 8.76. The van der Waals surface area contributed by atoms with Crippen LogP contribution in [0.25, 0.3) is 6.08 Å². The lowest BCUT2D eigenvalue weighted by Gasteiger charge is -2.37. The van der Waals surface area contributed by atoms with E-state index in [-0.39, 0.29) is 11.8 Å². The van der Waals surface area contributed by atoms with Crippen LogP contribution in [0.15, 0.2) is 60.2 Å². The van der Waals surface area contributed by atoms with E-state index in [1.54, 1.807) is 22.7 Å². The summed E-state index contributed by atoms with van der Waals surface area (Å²) < 4.78 is 13.1. The molecule has 0 saturated carbocycles. The van der Waals surface area contributed by atoms with E-state index in [4.69, 9.17) is 15.2 Å². The van der Waals surface area contributed by atoms with Gasteiger partial charge in [0.1, 0.15) is 11.3 Å². The quantitative estimate of drug-likeness (QED) is 0.533. The summed E-state index contributed by atoms with van der Waals surface area (Å²) in [7, 11) is 3.42. The normalized spacial score (nSPS) is 21.4. The molecule has 4 heterocycles. The summed E-state index contributed by atoms with van der Waals surface area (Å²) in [4.78, 5) is 16.9. The summed E-state index contributed by atoms with van der Waals surface area (Å²) in [6.07, 6.45) is 2.12. The number of carbonyl (C=O) groups is 1. The topological polar surface area (TPSA) is 64.8 Å². The zero-order valence-electron chi connectivity index (χ0n) is 15.7. The van der Waals surface area contributed by atoms with Crippen molar-refractivity contribution in [3.8, 4) is 0 Å². The van der Waals surface area contributed by atoms with Crippen molar-refractivity contribution in [2.75, 3.05) is 27.2 Å². The van der Waals surface area contributed by atoms with Crippen molar-refractivity contribution in [1.82, 2.24) is 4.90 Å². The number of thiophene rings is 2. The molecule has 1 unspecified atom stereocenters. The molecule has 4 rings (SSSR count). The van der Waals surface area contributed by atoms with Crippen LogP contribution in [0.5, 0.6) is 0 Å². The van der Waals surface area contributed by atoms with Crippen molar-refractivity contribution >= 4 is 66.6 Å². The molecule has 0 radical (unpaired) electrons. The number of hydrogen-bond acceptors (Lipinski definition) is 7. The Labute approximate surface area is 193 Å². The van der Waals surface area contributed by atoms with E-state index >= 15 is 0 Å². The molecule has 2 N–H and O–H groups in total. The van der Waals surface area contributed by atoms with Gasteiger partial charge in [-0.25, -0.2) is 4.79 Å². The lowest BCUT2D eigenvalue weighted by atomic mass is 9.83. The van der Waals surface area contributed by atoms with E-state index < -0.39 is 5.97 Å². The molecule has 0 aliphatic carbocycles. The number of nitrogens with zero attached hydrogens (tertiary/aromatic N) is 1. The number of esters is 1. The molecule has 2 aliphatic heterocycles. The van der Waals surface area contributed by atoms with Crippen LogP contribution in [0.4, 0.5) is 0 Å². The first kappa shape index (κ1) is 20.9. The van der Waals surface area contributed by atoms with Gasteiger partial charge in [-0.3, -0.25) is 4.90 Å². The highest BCUT2D eigenvalue weighted by Gasteiger charge is 2.40. The molecule has 152 valence electrons. The summed E-state index contributed by atoms with van der Waals surface area (Å²) >= 11 is 10.3. The fraction of sp³-hybridized carbons (Fsp3) is 0.250. The molecule has 29 heavy (non-hydrogen) atoms. The van der Waals surface area contributed by atoms with E-state index in [1.165, 1.54) is 7.11 Å². The molecule has 1 atom stereocenters. The Balaban J connectivity index is 1.87. The zero-order valence-corrected chi connectivity index (χ0v) is 20.5. The van der Waals surface area contributed by atoms with Gasteiger partial charge in [-0.05, 0) is 69.2 Å². The molecule has 5 nitrogen and oxygen atoms in total. The van der Waals surface area contributed by atoms with Crippen LogP contribution in [-0.4, -0.2) is 38.1 Å². The molecule has 9 heteroatoms. The summed E-state index contributed by atoms with van der Waals surface area (Å²) in [5.74, 6) is 0.0912. The van der Waals surface area contributed by atoms with Crippen LogP contribution in [0.1, 0.15) is 15.7 Å². The third-order valence-electron chi connectivity index (χ3n) is 4.77. The molecule has 0 aromatic carbocycles. The van der Waals surface area contributed by atoms with E-state index in [2.05, 4.69) is 55.9 Å². The second kappa shape index (κ2) is 8.39. The van der Waals surface area contributed by atoms with Gasteiger partial charge in [0, 0.05) is 34.0 Å². The van der Waals surface area contributed by atoms with Crippen molar-refractivity contribution in [1.29, 1.82) is 0 Å². The van der Waals surface area contributed by atoms with Gasteiger partial charge in [0.2, 0.25) is 5.88 Å². The number of ether oxygens (including phenoxy) is 2. The highest BCUT2D eigenvalue weighted by atomic mass is 79.9. The first-order chi connectivity index (χ1) is 13.9. The maximum absolute atomic E-state index is 12.6. The monoisotopic (exact) mass is 556 g/mol. The minimum absolute atomic E-state index is 0.105. The average Bonchev–Trinajstić information content (AvgIpc) is 3.28. The van der Waals surface area contributed by atoms with Gasteiger partial charge in [-0.2, -0.15) is 0 Å². The molecular formula is C20H18Br2N2O3S2. The predicted octanol–water partition coefficient (Wildman–Crippen LogP) is 5.07. The highest BCUT2D eigenvalue weighted by molar-refractivity contribution is 9.11. The van der Waals surface area contributed by atoms with Gasteiger partial charge in [0.05, 0.1) is 20.6 Å². The molecule has 0 saturated heterocycles. The number of likely N-dealkylation sites (N-methyl/N-ethyl adjacent to an activating group) is 1. The Hall–Kier alpha value is -1.39. The lowest BCUT2D eigenvalue weighted by molar-refractivity contribution is -0.136. The van der Waals surface area contributed by atoms with Crippen LogP contribution in [0.3, 0.4) is 0 Å². The summed E-state index contributed by atoms with van der Waals surface area (Å²) in [5, 5.41) is 0. The highest BCUT2D eigenvalue weighted by Crippen LogP contribution is 2.46. The number of nitrogens with two attached hydrogens (primary N) is 1. The van der Waals surface area contributed by atoms with Gasteiger partial charge in [0.15, 0.2) is 0 Å². The predicted molar refractivity (Wildman–Crippen MR) is 124 cm³/mol. The second-order valence-electron chi connectivity index (χ2n) is 6.78. The summed E-state index contributed by atoms with van der Waals surface area (Å²) in [6.45, 7) is 1.41. The Morgan fingerprint density at radius 2 is 1.97 bits per heavy atom. The molecule has 2 aromatic rings. The summed E-state index contributed by atoms with van der Waals surface area (Å²) in [5.41, 5.74) is 8.67. The Kier molecular flexibility index (Phi) is 6.04. The van der Waals surface area contributed by atoms with Gasteiger partial charge < -0.3 is 15.2 Å². The SMILES string of the molecule is COC(=O)C1=C(N)OC2=C(CN(C)C/C2=C\c2ccc(Br)s2)C1c1ccc(Br)s1. The van der Waals surface area contributed by atoms with Crippen molar-refractivity contribution in [3.63, 3.8) is 0 Å². The van der Waals surface area contributed by atoms with Crippen LogP contribution in [-0.2, 0) is 14.3 Å². The molecule has 0 amide bonds. The van der Waals surface area contributed by atoms with E-state index in [9.17, 15) is 4.79 Å². The lowest BCUT2D eigenvalue weighted by Crippen LogP contribution is -2.37. The zero-order chi connectivity index (χ0) is 20.7. The van der Waals surface area contributed by atoms with Crippen molar-refractivity contribution in [2.45, 2.75) is 5.92 Å². The van der Waals surface area contributed by atoms with Gasteiger partial charge in [-0.15, -0.1) is 22.7 Å². The maximum atomic E-state index is 12.6. The molecule has 0 spiro atoms. The minimum atomic E-state index is -0.468. The Bertz CT molecular complexity index is 1070. The fourth-order valence-electron chi connectivity index (χ4n) is 3.64. The maximum Gasteiger partial charge on any atom is 0.340 e. The largest absolute Gasteiger partial charge is 0.465 e. The van der Waals surface area contributed by atoms with Gasteiger partial charge in [0.25, 0.3) is 0 Å². The molecule has 0 fully saturated rings. The number of carbonyl (C=O) groups excluding carboxylic acids is 1. The number of hydrogen-bond donors (Lipinski definition) is 1. The van der Waals surface area contributed by atoms with E-state index in [0.717, 1.165) is 40.8 Å². The smallest absolute Gasteiger partial charge is 0.340 e. The van der Waals surface area contributed by atoms with Crippen molar-refractivity contribution in [2.24, 2.45) is 5.73 Å². The fourth-order valence-corrected chi connectivity index (χ4v) is 6.60. The Morgan fingerprint density at radius 1 is 1.24 bits per heavy atom. The number of methoxy groups -OCH3 is 1. The van der Waals surface area contributed by atoms with Gasteiger partial charge in [-0.1, -0.05) is 0 Å². The van der Waals surface area contributed by atoms with Crippen molar-refractivity contribution < 1.29 is 14.3 Å². The van der Waals surface area contributed by atoms with Crippen LogP contribution in [0, 0.1) is 0 Å². The first-order valence-corrected chi connectivity index (χ1v) is 12.0. The average molecular weight is 558 g/mol. The van der Waals surface area contributed by atoms with Crippen molar-refractivity contribution in [3.05, 3.63) is 70.0 Å². The molecule has 0 bridgehead atoms. The second-order valence-corrected chi connectivity index (χ2v) is 11.8. The number of rotatable bonds is 3. The van der Waals surface area contributed by atoms with E-state index in [1.807, 2.05) is 18.2 Å². The van der Waals surface area contributed by atoms with Crippen LogP contribution >= 0.6 is 54.5 Å². The number of halogens is 2. The molecule has 2 aliphatic rings. The van der Waals surface area contributed by atoms with Crippen LogP contribution < -0.4 is 5.73 Å². The third kappa shape index (κ3) is 4.11. The third-order valence-corrected chi connectivity index (χ3v) is 8.03. The van der Waals surface area contributed by atoms with Crippen LogP contribution in [0.2, 0.25) is 0 Å². The minimum Gasteiger partial charge on any atom is -0.465 e. The van der Waals surface area contributed by atoms with E-state index in [0.29, 0.717) is 12.1 Å². The standard InChI is InChI=1S/C20H18Br2N2O3S2/c1-24-8-10(7-11-3-5-14(21)28-11)18-12(9-24)16(13-4-6-15(22)29-13)17(19(23)27-18)20(25)26-2/h3-7,16H,8-9,23H2,1-2H3/b10-7+. The molecule has 2 aromatic heterocycles.